The van der Waals surface area contributed by atoms with E-state index in [4.69, 9.17) is 4.74 Å². The summed E-state index contributed by atoms with van der Waals surface area (Å²) in [6, 6.07) is 0. The lowest BCUT2D eigenvalue weighted by molar-refractivity contribution is -0.114. The highest BCUT2D eigenvalue weighted by molar-refractivity contribution is 5.56. The molecule has 1 N–H and O–H groups in total. The van der Waals surface area contributed by atoms with Gasteiger partial charge in [0.15, 0.2) is 6.29 Å². The van der Waals surface area contributed by atoms with Crippen LogP contribution in [0.2, 0.25) is 0 Å². The number of ether oxygens (including phenoxy) is 1. The maximum Gasteiger partial charge on any atom is 0.157 e. The molecule has 1 aliphatic heterocycles. The largest absolute Gasteiger partial charge is 0.368 e. The van der Waals surface area contributed by atoms with Crippen molar-refractivity contribution < 1.29 is 19.4 Å². The summed E-state index contributed by atoms with van der Waals surface area (Å²) in [6.45, 7) is 33.6. The molecule has 15 atom stereocenters. The van der Waals surface area contributed by atoms with Crippen LogP contribution in [0.3, 0.4) is 0 Å². The Balaban J connectivity index is 0.000000294. The fraction of sp³-hybridized carbons (Fsp3) is 0.900. The van der Waals surface area contributed by atoms with Crippen molar-refractivity contribution in [3.63, 3.8) is 0 Å². The highest BCUT2D eigenvalue weighted by Crippen LogP contribution is 2.52. The minimum atomic E-state index is -0.528. The van der Waals surface area contributed by atoms with Crippen LogP contribution in [0.15, 0.2) is 12.2 Å². The fourth-order valence-electron chi connectivity index (χ4n) is 8.43. The maximum absolute atomic E-state index is 10.9. The van der Waals surface area contributed by atoms with Crippen LogP contribution in [-0.2, 0) is 14.3 Å². The maximum atomic E-state index is 10.9. The average molecular weight is 619 g/mol. The Bertz CT molecular complexity index is 900. The molecule has 4 heteroatoms. The second-order valence-electron chi connectivity index (χ2n) is 16.3. The first-order chi connectivity index (χ1) is 20.4. The molecule has 1 heterocycles. The predicted molar refractivity (Wildman–Crippen MR) is 187 cm³/mol. The number of hydrogen-bond donors (Lipinski definition) is 1. The van der Waals surface area contributed by atoms with Gasteiger partial charge in [0.2, 0.25) is 0 Å². The molecule has 3 fully saturated rings. The lowest BCUT2D eigenvalue weighted by atomic mass is 9.72. The van der Waals surface area contributed by atoms with E-state index < -0.39 is 6.29 Å². The summed E-state index contributed by atoms with van der Waals surface area (Å²) in [5.74, 6) is 5.69. The van der Waals surface area contributed by atoms with Gasteiger partial charge in [-0.05, 0) is 89.8 Å². The van der Waals surface area contributed by atoms with Crippen LogP contribution in [0.25, 0.3) is 0 Å². The van der Waals surface area contributed by atoms with Crippen LogP contribution in [-0.4, -0.2) is 30.1 Å². The lowest BCUT2D eigenvalue weighted by Crippen LogP contribution is -2.28. The van der Waals surface area contributed by atoms with Gasteiger partial charge in [0, 0.05) is 17.8 Å². The number of carbonyl (C=O) groups excluding carboxylic acids is 2. The Morgan fingerprint density at radius 3 is 1.61 bits per heavy atom. The number of allylic oxidation sites excluding steroid dienone is 2. The van der Waals surface area contributed by atoms with Crippen molar-refractivity contribution in [2.75, 3.05) is 0 Å². The van der Waals surface area contributed by atoms with E-state index in [-0.39, 0.29) is 11.5 Å². The van der Waals surface area contributed by atoms with Crippen LogP contribution in [0.5, 0.6) is 0 Å². The Morgan fingerprint density at radius 2 is 1.36 bits per heavy atom. The Kier molecular flexibility index (Phi) is 16.1. The van der Waals surface area contributed by atoms with Crippen LogP contribution < -0.4 is 0 Å². The van der Waals surface area contributed by atoms with Crippen molar-refractivity contribution >= 4 is 12.6 Å². The van der Waals surface area contributed by atoms with Gasteiger partial charge in [-0.25, -0.2) is 0 Å². The summed E-state index contributed by atoms with van der Waals surface area (Å²) in [4.78, 5) is 21.6. The second-order valence-corrected chi connectivity index (χ2v) is 16.3. The van der Waals surface area contributed by atoms with E-state index >= 15 is 0 Å². The highest BCUT2D eigenvalue weighted by Gasteiger charge is 2.47. The van der Waals surface area contributed by atoms with Gasteiger partial charge in [0.25, 0.3) is 0 Å². The molecule has 0 radical (unpaired) electrons. The zero-order valence-corrected chi connectivity index (χ0v) is 31.7. The second kappa shape index (κ2) is 17.2. The molecule has 0 bridgehead atoms. The first-order valence-electron chi connectivity index (χ1n) is 18.3. The third-order valence-corrected chi connectivity index (χ3v) is 14.5. The standard InChI is InChI=1S/2C11H20O.C10H18.C8H16O2/c1-5-11(4)6-10(7-12)8(2)9(11)3;1-5-11(4)9(3)8(2)6-10(11)7-12;1-5-10(4)7-6-8(2)9(10)3;1-4-7-5(2)6(3)8(9)10-7/h2*7-10H,5-6H2,1-4H3;6-9H,5H2,1-4H3;5-9H,4H2,1-3H3/t8-,9-,10?,11-;8-,9+,10?,11-;8-,9+,10+;5-,6-,7+,8?/m0110/s1. The Hall–Kier alpha value is -1.00. The molecule has 3 unspecified atom stereocenters. The minimum absolute atomic E-state index is 0.265. The summed E-state index contributed by atoms with van der Waals surface area (Å²) in [7, 11) is 0. The summed E-state index contributed by atoms with van der Waals surface area (Å²) >= 11 is 0. The third kappa shape index (κ3) is 9.08. The van der Waals surface area contributed by atoms with E-state index in [1.807, 2.05) is 6.92 Å². The third-order valence-electron chi connectivity index (χ3n) is 14.5. The normalized spacial score (nSPS) is 47.5. The van der Waals surface area contributed by atoms with Crippen LogP contribution in [0, 0.1) is 75.4 Å². The van der Waals surface area contributed by atoms with Gasteiger partial charge in [0.05, 0.1) is 6.10 Å². The molecule has 0 aromatic rings. The molecule has 0 spiro atoms. The molecular weight excluding hydrogens is 544 g/mol. The van der Waals surface area contributed by atoms with E-state index in [0.717, 1.165) is 43.8 Å². The molecule has 4 nitrogen and oxygen atoms in total. The molecule has 2 saturated carbocycles. The van der Waals surface area contributed by atoms with E-state index in [0.29, 0.717) is 58.2 Å². The van der Waals surface area contributed by atoms with Crippen LogP contribution >= 0.6 is 0 Å². The van der Waals surface area contributed by atoms with Crippen molar-refractivity contribution in [2.45, 2.75) is 155 Å². The monoisotopic (exact) mass is 619 g/mol. The summed E-state index contributed by atoms with van der Waals surface area (Å²) < 4.78 is 5.29. The van der Waals surface area contributed by atoms with E-state index in [9.17, 15) is 14.7 Å². The molecule has 44 heavy (non-hydrogen) atoms. The van der Waals surface area contributed by atoms with Gasteiger partial charge in [-0.1, -0.05) is 122 Å². The molecule has 1 saturated heterocycles. The van der Waals surface area contributed by atoms with E-state index in [1.165, 1.54) is 19.1 Å². The first kappa shape index (κ1) is 41.0. The Labute approximate surface area is 274 Å². The highest BCUT2D eigenvalue weighted by atomic mass is 16.6. The Morgan fingerprint density at radius 1 is 0.773 bits per heavy atom. The van der Waals surface area contributed by atoms with Gasteiger partial charge >= 0.3 is 0 Å². The summed E-state index contributed by atoms with van der Waals surface area (Å²) in [5, 5.41) is 9.25. The van der Waals surface area contributed by atoms with Crippen molar-refractivity contribution in [3.05, 3.63) is 12.2 Å². The number of rotatable bonds is 6. The molecular formula is C40H74O4. The molecule has 0 aromatic heterocycles. The number of aldehydes is 2. The number of carbonyl (C=O) groups is 2. The number of aliphatic hydroxyl groups is 1. The van der Waals surface area contributed by atoms with Crippen LogP contribution in [0.1, 0.15) is 142 Å². The minimum Gasteiger partial charge on any atom is -0.368 e. The van der Waals surface area contributed by atoms with E-state index in [2.05, 4.69) is 109 Å². The number of hydrogen-bond acceptors (Lipinski definition) is 4. The topological polar surface area (TPSA) is 63.6 Å². The average Bonchev–Trinajstić information content (AvgIpc) is 3.61. The van der Waals surface area contributed by atoms with Crippen molar-refractivity contribution in [1.29, 1.82) is 0 Å². The van der Waals surface area contributed by atoms with Crippen molar-refractivity contribution in [2.24, 2.45) is 75.4 Å². The lowest BCUT2D eigenvalue weighted by Gasteiger charge is -2.32. The molecule has 3 aliphatic carbocycles. The SMILES string of the molecule is CC[C@@]1(C)C(C=O)C[C@@H](C)[C@@H]1C.CC[C@@]1(C)C=C[C@@H](C)[C@@H]1C.CC[C@@]1(C)CC(C=O)[C@@H](C)[C@@H]1C.CC[C@H]1OC(O)[C@@H](C)[C@@H]1C. The predicted octanol–water partition coefficient (Wildman–Crippen LogP) is 10.4. The number of aliphatic hydroxyl groups excluding tert-OH is 1. The van der Waals surface area contributed by atoms with Gasteiger partial charge < -0.3 is 19.4 Å². The van der Waals surface area contributed by atoms with Crippen molar-refractivity contribution in [1.82, 2.24) is 0 Å². The first-order valence-corrected chi connectivity index (χ1v) is 18.3. The van der Waals surface area contributed by atoms with Gasteiger partial charge in [-0.3, -0.25) is 0 Å². The zero-order valence-electron chi connectivity index (χ0n) is 31.7. The van der Waals surface area contributed by atoms with Crippen LogP contribution in [0.4, 0.5) is 0 Å². The molecule has 4 rings (SSSR count). The molecule has 0 amide bonds. The van der Waals surface area contributed by atoms with Gasteiger partial charge in [-0.15, -0.1) is 0 Å². The summed E-state index contributed by atoms with van der Waals surface area (Å²) in [6.07, 6.45) is 13.6. The summed E-state index contributed by atoms with van der Waals surface area (Å²) in [5.41, 5.74) is 1.16. The van der Waals surface area contributed by atoms with Gasteiger partial charge in [-0.2, -0.15) is 0 Å². The smallest absolute Gasteiger partial charge is 0.157 e. The molecule has 4 aliphatic rings. The van der Waals surface area contributed by atoms with E-state index in [1.54, 1.807) is 0 Å². The molecule has 258 valence electrons. The molecule has 0 aromatic carbocycles. The fourth-order valence-corrected chi connectivity index (χ4v) is 8.43. The van der Waals surface area contributed by atoms with Gasteiger partial charge in [0.1, 0.15) is 12.6 Å². The zero-order chi connectivity index (χ0) is 34.2. The quantitative estimate of drug-likeness (QED) is 0.238. The van der Waals surface area contributed by atoms with Crippen molar-refractivity contribution in [3.8, 4) is 0 Å².